The quantitative estimate of drug-likeness (QED) is 0.891. The van der Waals surface area contributed by atoms with E-state index in [0.29, 0.717) is 24.9 Å². The number of amides is 2. The van der Waals surface area contributed by atoms with Crippen LogP contribution >= 0.6 is 0 Å². The lowest BCUT2D eigenvalue weighted by atomic mass is 9.97. The molecule has 2 rings (SSSR count). The second kappa shape index (κ2) is 5.98. The van der Waals surface area contributed by atoms with E-state index in [1.807, 2.05) is 0 Å². The maximum absolute atomic E-state index is 12.4. The largest absolute Gasteiger partial charge is 0.364 e. The average molecular weight is 276 g/mol. The lowest BCUT2D eigenvalue weighted by Gasteiger charge is -2.17. The summed E-state index contributed by atoms with van der Waals surface area (Å²) in [6, 6.07) is 0. The fourth-order valence-electron chi connectivity index (χ4n) is 2.70. The fraction of sp³-hybridized carbons (Fsp3) is 0.571. The van der Waals surface area contributed by atoms with Crippen LogP contribution < -0.4 is 5.73 Å². The van der Waals surface area contributed by atoms with Gasteiger partial charge in [-0.05, 0) is 24.7 Å². The van der Waals surface area contributed by atoms with Crippen LogP contribution in [-0.4, -0.2) is 39.8 Å². The standard InChI is InChI=1S/C14H20N4O2/c1-9(2)7-10-3-6-18(8-10)14(20)12-11(13(15)19)16-4-5-17-12/h4-5,9-10H,3,6-8H2,1-2H3,(H2,15,19)/t10-/m0/s1. The first kappa shape index (κ1) is 14.4. The van der Waals surface area contributed by atoms with Gasteiger partial charge < -0.3 is 10.6 Å². The highest BCUT2D eigenvalue weighted by Gasteiger charge is 2.30. The topological polar surface area (TPSA) is 89.2 Å². The van der Waals surface area contributed by atoms with Crippen LogP contribution in [0.5, 0.6) is 0 Å². The summed E-state index contributed by atoms with van der Waals surface area (Å²) in [5.74, 6) is 0.165. The van der Waals surface area contributed by atoms with E-state index in [1.165, 1.54) is 12.4 Å². The van der Waals surface area contributed by atoms with Gasteiger partial charge in [0.25, 0.3) is 11.8 Å². The van der Waals surface area contributed by atoms with Crippen LogP contribution in [0.3, 0.4) is 0 Å². The Bertz CT molecular complexity index is 516. The number of nitrogens with zero attached hydrogens (tertiary/aromatic N) is 3. The molecule has 0 radical (unpaired) electrons. The van der Waals surface area contributed by atoms with Crippen molar-refractivity contribution in [3.63, 3.8) is 0 Å². The summed E-state index contributed by atoms with van der Waals surface area (Å²) < 4.78 is 0. The van der Waals surface area contributed by atoms with Crippen molar-refractivity contribution in [1.29, 1.82) is 0 Å². The summed E-state index contributed by atoms with van der Waals surface area (Å²) in [5, 5.41) is 0. The van der Waals surface area contributed by atoms with E-state index < -0.39 is 5.91 Å². The number of carbonyl (C=O) groups is 2. The number of primary amides is 1. The van der Waals surface area contributed by atoms with Gasteiger partial charge >= 0.3 is 0 Å². The smallest absolute Gasteiger partial charge is 0.274 e. The molecule has 1 aliphatic rings. The zero-order valence-electron chi connectivity index (χ0n) is 11.9. The van der Waals surface area contributed by atoms with Gasteiger partial charge in [0.2, 0.25) is 0 Å². The van der Waals surface area contributed by atoms with Crippen LogP contribution in [0.25, 0.3) is 0 Å². The summed E-state index contributed by atoms with van der Waals surface area (Å²) in [7, 11) is 0. The number of hydrogen-bond acceptors (Lipinski definition) is 4. The predicted molar refractivity (Wildman–Crippen MR) is 74.0 cm³/mol. The Morgan fingerprint density at radius 2 is 2.00 bits per heavy atom. The Morgan fingerprint density at radius 1 is 1.35 bits per heavy atom. The van der Waals surface area contributed by atoms with Crippen LogP contribution in [0, 0.1) is 11.8 Å². The molecule has 0 aromatic carbocycles. The minimum atomic E-state index is -0.723. The van der Waals surface area contributed by atoms with E-state index in [-0.39, 0.29) is 17.3 Å². The van der Waals surface area contributed by atoms with Crippen LogP contribution in [0.1, 0.15) is 47.7 Å². The summed E-state index contributed by atoms with van der Waals surface area (Å²) in [6.45, 7) is 5.77. The highest BCUT2D eigenvalue weighted by atomic mass is 16.2. The molecule has 1 aliphatic heterocycles. The van der Waals surface area contributed by atoms with Crippen LogP contribution in [0.15, 0.2) is 12.4 Å². The Kier molecular flexibility index (Phi) is 4.32. The van der Waals surface area contributed by atoms with Gasteiger partial charge in [0, 0.05) is 25.5 Å². The van der Waals surface area contributed by atoms with Crippen molar-refractivity contribution in [3.05, 3.63) is 23.8 Å². The summed E-state index contributed by atoms with van der Waals surface area (Å²) in [6.07, 6.45) is 4.87. The molecule has 6 nitrogen and oxygen atoms in total. The van der Waals surface area contributed by atoms with E-state index in [0.717, 1.165) is 12.8 Å². The van der Waals surface area contributed by atoms with Gasteiger partial charge in [-0.2, -0.15) is 0 Å². The molecule has 1 saturated heterocycles. The van der Waals surface area contributed by atoms with E-state index in [4.69, 9.17) is 5.73 Å². The average Bonchev–Trinajstić information content (AvgIpc) is 2.85. The normalized spacial score (nSPS) is 18.6. The third kappa shape index (κ3) is 3.12. The first-order valence-electron chi connectivity index (χ1n) is 6.89. The molecule has 1 fully saturated rings. The molecule has 0 unspecified atom stereocenters. The maximum atomic E-state index is 12.4. The third-order valence-electron chi connectivity index (χ3n) is 3.51. The molecule has 1 atom stereocenters. The highest BCUT2D eigenvalue weighted by molar-refractivity contribution is 6.04. The number of hydrogen-bond donors (Lipinski definition) is 1. The molecule has 6 heteroatoms. The molecular weight excluding hydrogens is 256 g/mol. The van der Waals surface area contributed by atoms with Crippen LogP contribution in [0.2, 0.25) is 0 Å². The summed E-state index contributed by atoms with van der Waals surface area (Å²) in [5.41, 5.74) is 5.24. The zero-order valence-corrected chi connectivity index (χ0v) is 11.9. The first-order chi connectivity index (χ1) is 9.49. The Labute approximate surface area is 118 Å². The second-order valence-corrected chi connectivity index (χ2v) is 5.65. The monoisotopic (exact) mass is 276 g/mol. The number of aromatic nitrogens is 2. The van der Waals surface area contributed by atoms with Gasteiger partial charge in [0.1, 0.15) is 0 Å². The Morgan fingerprint density at radius 3 is 2.60 bits per heavy atom. The molecule has 0 bridgehead atoms. The minimum Gasteiger partial charge on any atom is -0.364 e. The molecule has 108 valence electrons. The van der Waals surface area contributed by atoms with E-state index in [2.05, 4.69) is 23.8 Å². The van der Waals surface area contributed by atoms with Gasteiger partial charge in [-0.15, -0.1) is 0 Å². The van der Waals surface area contributed by atoms with Crippen LogP contribution in [-0.2, 0) is 0 Å². The Hall–Kier alpha value is -1.98. The Balaban J connectivity index is 2.11. The molecule has 2 heterocycles. The third-order valence-corrected chi connectivity index (χ3v) is 3.51. The van der Waals surface area contributed by atoms with Crippen molar-refractivity contribution in [2.24, 2.45) is 17.6 Å². The van der Waals surface area contributed by atoms with Gasteiger partial charge in [0.15, 0.2) is 11.4 Å². The second-order valence-electron chi connectivity index (χ2n) is 5.65. The lowest BCUT2D eigenvalue weighted by Crippen LogP contribution is -2.32. The number of carbonyl (C=O) groups excluding carboxylic acids is 2. The molecule has 0 aliphatic carbocycles. The first-order valence-corrected chi connectivity index (χ1v) is 6.89. The van der Waals surface area contributed by atoms with Crippen molar-refractivity contribution in [2.45, 2.75) is 26.7 Å². The van der Waals surface area contributed by atoms with E-state index in [9.17, 15) is 9.59 Å². The summed E-state index contributed by atoms with van der Waals surface area (Å²) >= 11 is 0. The highest BCUT2D eigenvalue weighted by Crippen LogP contribution is 2.24. The number of rotatable bonds is 4. The molecule has 1 aromatic rings. The molecule has 0 saturated carbocycles. The molecule has 0 spiro atoms. The molecular formula is C14H20N4O2. The minimum absolute atomic E-state index is 0.0511. The van der Waals surface area contributed by atoms with Gasteiger partial charge in [-0.25, -0.2) is 9.97 Å². The van der Waals surface area contributed by atoms with Gasteiger partial charge in [-0.3, -0.25) is 9.59 Å². The maximum Gasteiger partial charge on any atom is 0.274 e. The zero-order chi connectivity index (χ0) is 14.7. The SMILES string of the molecule is CC(C)C[C@@H]1CCN(C(=O)c2nccnc2C(N)=O)C1. The lowest BCUT2D eigenvalue weighted by molar-refractivity contribution is 0.0772. The summed E-state index contributed by atoms with van der Waals surface area (Å²) in [4.78, 5) is 33.3. The van der Waals surface area contributed by atoms with E-state index in [1.54, 1.807) is 4.90 Å². The van der Waals surface area contributed by atoms with Crippen LogP contribution in [0.4, 0.5) is 0 Å². The van der Waals surface area contributed by atoms with Crippen molar-refractivity contribution in [2.75, 3.05) is 13.1 Å². The molecule has 1 aromatic heterocycles. The van der Waals surface area contributed by atoms with Crippen molar-refractivity contribution < 1.29 is 9.59 Å². The molecule has 2 amide bonds. The van der Waals surface area contributed by atoms with E-state index >= 15 is 0 Å². The molecule has 2 N–H and O–H groups in total. The molecule has 20 heavy (non-hydrogen) atoms. The van der Waals surface area contributed by atoms with Gasteiger partial charge in [0.05, 0.1) is 0 Å². The van der Waals surface area contributed by atoms with Gasteiger partial charge in [-0.1, -0.05) is 13.8 Å². The van der Waals surface area contributed by atoms with Crippen molar-refractivity contribution >= 4 is 11.8 Å². The number of nitrogens with two attached hydrogens (primary N) is 1. The predicted octanol–water partition coefficient (Wildman–Crippen LogP) is 1.08. The van der Waals surface area contributed by atoms with Crippen molar-refractivity contribution in [3.8, 4) is 0 Å². The van der Waals surface area contributed by atoms with Crippen molar-refractivity contribution in [1.82, 2.24) is 14.9 Å². The fourth-order valence-corrected chi connectivity index (χ4v) is 2.70. The number of likely N-dealkylation sites (tertiary alicyclic amines) is 1.